The van der Waals surface area contributed by atoms with E-state index in [1.807, 2.05) is 30.3 Å². The van der Waals surface area contributed by atoms with Crippen LogP contribution in [0.4, 0.5) is 0 Å². The molecule has 1 aromatic heterocycles. The molecule has 1 fully saturated rings. The summed E-state index contributed by atoms with van der Waals surface area (Å²) < 4.78 is 0. The van der Waals surface area contributed by atoms with Gasteiger partial charge in [0.1, 0.15) is 0 Å². The average Bonchev–Trinajstić information content (AvgIpc) is 3.09. The zero-order valence-corrected chi connectivity index (χ0v) is 13.9. The van der Waals surface area contributed by atoms with Gasteiger partial charge in [-0.2, -0.15) is 0 Å². The van der Waals surface area contributed by atoms with Gasteiger partial charge in [-0.15, -0.1) is 5.10 Å². The number of aromatic amines is 1. The summed E-state index contributed by atoms with van der Waals surface area (Å²) in [6.45, 7) is 0.662. The van der Waals surface area contributed by atoms with Gasteiger partial charge in [0.25, 0.3) is 0 Å². The number of nitrogens with one attached hydrogen (secondary N) is 2. The van der Waals surface area contributed by atoms with Crippen LogP contribution < -0.4 is 5.32 Å². The fourth-order valence-electron chi connectivity index (χ4n) is 2.86. The maximum absolute atomic E-state index is 12.0. The first-order valence-electron chi connectivity index (χ1n) is 8.21. The molecule has 1 saturated carbocycles. The Morgan fingerprint density at radius 1 is 1.22 bits per heavy atom. The van der Waals surface area contributed by atoms with E-state index < -0.39 is 0 Å². The van der Waals surface area contributed by atoms with Gasteiger partial charge in [-0.25, -0.2) is 4.98 Å². The Balaban J connectivity index is 1.41. The summed E-state index contributed by atoms with van der Waals surface area (Å²) in [6, 6.07) is 9.93. The van der Waals surface area contributed by atoms with Crippen LogP contribution in [0.25, 0.3) is 11.4 Å². The van der Waals surface area contributed by atoms with E-state index in [2.05, 4.69) is 20.5 Å². The number of hydrogen-bond donors (Lipinski definition) is 2. The highest BCUT2D eigenvalue weighted by atomic mass is 32.2. The van der Waals surface area contributed by atoms with Gasteiger partial charge in [0.15, 0.2) is 5.82 Å². The quantitative estimate of drug-likeness (QED) is 0.630. The van der Waals surface area contributed by atoms with Crippen LogP contribution in [-0.2, 0) is 4.79 Å². The van der Waals surface area contributed by atoms with Crippen LogP contribution in [0, 0.1) is 5.92 Å². The minimum absolute atomic E-state index is 0.213. The number of carbonyl (C=O) groups is 1. The smallest absolute Gasteiger partial charge is 0.223 e. The summed E-state index contributed by atoms with van der Waals surface area (Å²) in [5, 5.41) is 10.9. The summed E-state index contributed by atoms with van der Waals surface area (Å²) in [5.74, 6) is 2.00. The lowest BCUT2D eigenvalue weighted by molar-refractivity contribution is -0.125. The number of hydrogen-bond acceptors (Lipinski definition) is 4. The fourth-order valence-corrected chi connectivity index (χ4v) is 3.51. The highest BCUT2D eigenvalue weighted by Crippen LogP contribution is 2.23. The molecule has 23 heavy (non-hydrogen) atoms. The predicted octanol–water partition coefficient (Wildman–Crippen LogP) is 3.26. The summed E-state index contributed by atoms with van der Waals surface area (Å²) in [7, 11) is 0. The standard InChI is InChI=1S/C17H22N4OS/c22-16(14-9-5-2-6-10-14)18-11-12-23-17-19-15(20-21-17)13-7-3-1-4-8-13/h1,3-4,7-8,14H,2,5-6,9-12H2,(H,18,22)(H,19,20,21). The van der Waals surface area contributed by atoms with Gasteiger partial charge in [-0.05, 0) is 12.8 Å². The predicted molar refractivity (Wildman–Crippen MR) is 92.1 cm³/mol. The molecule has 2 aromatic rings. The molecule has 0 bridgehead atoms. The van der Waals surface area contributed by atoms with Crippen molar-refractivity contribution in [3.63, 3.8) is 0 Å². The molecule has 0 aliphatic heterocycles. The number of benzene rings is 1. The van der Waals surface area contributed by atoms with Crippen molar-refractivity contribution in [3.8, 4) is 11.4 Å². The molecule has 1 amide bonds. The molecule has 0 spiro atoms. The highest BCUT2D eigenvalue weighted by molar-refractivity contribution is 7.99. The molecule has 2 N–H and O–H groups in total. The maximum atomic E-state index is 12.0. The minimum atomic E-state index is 0.213. The molecular weight excluding hydrogens is 308 g/mol. The first kappa shape index (κ1) is 16.1. The van der Waals surface area contributed by atoms with Gasteiger partial charge in [0.2, 0.25) is 11.1 Å². The van der Waals surface area contributed by atoms with E-state index in [4.69, 9.17) is 0 Å². The second kappa shape index (κ2) is 8.15. The van der Waals surface area contributed by atoms with Crippen LogP contribution in [0.3, 0.4) is 0 Å². The first-order chi connectivity index (χ1) is 11.3. The monoisotopic (exact) mass is 330 g/mol. The summed E-state index contributed by atoms with van der Waals surface area (Å²) in [4.78, 5) is 16.5. The van der Waals surface area contributed by atoms with Crippen LogP contribution in [0.5, 0.6) is 0 Å². The Morgan fingerprint density at radius 3 is 2.78 bits per heavy atom. The van der Waals surface area contributed by atoms with Crippen molar-refractivity contribution in [2.24, 2.45) is 5.92 Å². The lowest BCUT2D eigenvalue weighted by Crippen LogP contribution is -2.33. The normalized spacial score (nSPS) is 15.5. The lowest BCUT2D eigenvalue weighted by atomic mass is 9.89. The van der Waals surface area contributed by atoms with Crippen molar-refractivity contribution in [2.45, 2.75) is 37.3 Å². The summed E-state index contributed by atoms with van der Waals surface area (Å²) in [5.41, 5.74) is 1.03. The van der Waals surface area contributed by atoms with Crippen LogP contribution in [0.1, 0.15) is 32.1 Å². The molecule has 0 atom stereocenters. The number of aromatic nitrogens is 3. The van der Waals surface area contributed by atoms with Crippen LogP contribution in [-0.4, -0.2) is 33.4 Å². The third kappa shape index (κ3) is 4.58. The lowest BCUT2D eigenvalue weighted by Gasteiger charge is -2.20. The zero-order valence-electron chi connectivity index (χ0n) is 13.1. The van der Waals surface area contributed by atoms with Crippen molar-refractivity contribution in [2.75, 3.05) is 12.3 Å². The number of rotatable bonds is 6. The molecule has 0 radical (unpaired) electrons. The van der Waals surface area contributed by atoms with E-state index in [0.717, 1.165) is 35.1 Å². The molecule has 1 aliphatic carbocycles. The molecule has 5 nitrogen and oxygen atoms in total. The van der Waals surface area contributed by atoms with Crippen LogP contribution in [0.15, 0.2) is 35.5 Å². The molecule has 3 rings (SSSR count). The molecule has 0 saturated heterocycles. The first-order valence-corrected chi connectivity index (χ1v) is 9.20. The third-order valence-electron chi connectivity index (χ3n) is 4.12. The molecule has 122 valence electrons. The van der Waals surface area contributed by atoms with E-state index in [0.29, 0.717) is 6.54 Å². The third-order valence-corrected chi connectivity index (χ3v) is 4.97. The second-order valence-electron chi connectivity index (χ2n) is 5.81. The van der Waals surface area contributed by atoms with E-state index in [-0.39, 0.29) is 11.8 Å². The summed E-state index contributed by atoms with van der Waals surface area (Å²) in [6.07, 6.45) is 5.73. The van der Waals surface area contributed by atoms with Gasteiger partial charge in [0.05, 0.1) is 0 Å². The Hall–Kier alpha value is -1.82. The van der Waals surface area contributed by atoms with Crippen molar-refractivity contribution in [3.05, 3.63) is 30.3 Å². The zero-order chi connectivity index (χ0) is 15.9. The van der Waals surface area contributed by atoms with Gasteiger partial charge in [-0.1, -0.05) is 61.4 Å². The Bertz CT molecular complexity index is 623. The van der Waals surface area contributed by atoms with E-state index in [9.17, 15) is 4.79 Å². The molecule has 1 aromatic carbocycles. The van der Waals surface area contributed by atoms with Crippen molar-refractivity contribution in [1.82, 2.24) is 20.5 Å². The van der Waals surface area contributed by atoms with E-state index in [1.165, 1.54) is 19.3 Å². The molecule has 1 heterocycles. The molecule has 1 aliphatic rings. The van der Waals surface area contributed by atoms with E-state index in [1.54, 1.807) is 11.8 Å². The largest absolute Gasteiger partial charge is 0.355 e. The van der Waals surface area contributed by atoms with Crippen molar-refractivity contribution in [1.29, 1.82) is 0 Å². The number of thioether (sulfide) groups is 1. The van der Waals surface area contributed by atoms with Crippen LogP contribution in [0.2, 0.25) is 0 Å². The number of H-pyrrole nitrogens is 1. The van der Waals surface area contributed by atoms with Gasteiger partial charge in [-0.3, -0.25) is 9.89 Å². The maximum Gasteiger partial charge on any atom is 0.223 e. The minimum Gasteiger partial charge on any atom is -0.355 e. The fraction of sp³-hybridized carbons (Fsp3) is 0.471. The Morgan fingerprint density at radius 2 is 2.00 bits per heavy atom. The van der Waals surface area contributed by atoms with E-state index >= 15 is 0 Å². The molecule has 6 heteroatoms. The Labute approximate surface area is 140 Å². The van der Waals surface area contributed by atoms with Crippen molar-refractivity contribution < 1.29 is 4.79 Å². The topological polar surface area (TPSA) is 70.7 Å². The number of amides is 1. The van der Waals surface area contributed by atoms with Gasteiger partial charge >= 0.3 is 0 Å². The van der Waals surface area contributed by atoms with Crippen molar-refractivity contribution >= 4 is 17.7 Å². The van der Waals surface area contributed by atoms with Gasteiger partial charge in [0, 0.05) is 23.8 Å². The number of carbonyl (C=O) groups excluding carboxylic acids is 1. The molecule has 0 unspecified atom stereocenters. The summed E-state index contributed by atoms with van der Waals surface area (Å²) >= 11 is 1.56. The molecular formula is C17H22N4OS. The highest BCUT2D eigenvalue weighted by Gasteiger charge is 2.20. The van der Waals surface area contributed by atoms with Gasteiger partial charge < -0.3 is 5.32 Å². The average molecular weight is 330 g/mol. The second-order valence-corrected chi connectivity index (χ2v) is 6.87. The number of nitrogens with zero attached hydrogens (tertiary/aromatic N) is 2. The Kier molecular flexibility index (Phi) is 5.69. The SMILES string of the molecule is O=C(NCCSc1n[nH]c(-c2ccccc2)n1)C1CCCCC1. The van der Waals surface area contributed by atoms with Crippen LogP contribution >= 0.6 is 11.8 Å².